The fraction of sp³-hybridized carbons (Fsp3) is 0.500. The average molecular weight is 265 g/mol. The Morgan fingerprint density at radius 3 is 2.63 bits per heavy atom. The Labute approximate surface area is 114 Å². The van der Waals surface area contributed by atoms with Gasteiger partial charge in [-0.3, -0.25) is 4.79 Å². The molecule has 0 radical (unpaired) electrons. The summed E-state index contributed by atoms with van der Waals surface area (Å²) in [5.41, 5.74) is 6.67. The minimum atomic E-state index is -0.192. The summed E-state index contributed by atoms with van der Waals surface area (Å²) < 4.78 is 5.17. The minimum Gasteiger partial charge on any atom is -0.496 e. The topological polar surface area (TPSA) is 67.6 Å². The third kappa shape index (κ3) is 4.13. The van der Waals surface area contributed by atoms with Crippen molar-refractivity contribution in [3.8, 4) is 5.75 Å². The van der Waals surface area contributed by atoms with Gasteiger partial charge in [-0.05, 0) is 25.2 Å². The highest BCUT2D eigenvalue weighted by Crippen LogP contribution is 2.23. The van der Waals surface area contributed by atoms with Crippen LogP contribution in [0.15, 0.2) is 18.2 Å². The van der Waals surface area contributed by atoms with Gasteiger partial charge in [-0.25, -0.2) is 0 Å². The Morgan fingerprint density at radius 2 is 2.05 bits per heavy atom. The zero-order valence-corrected chi connectivity index (χ0v) is 11.9. The van der Waals surface area contributed by atoms with Crippen LogP contribution in [0.1, 0.15) is 24.2 Å². The van der Waals surface area contributed by atoms with Crippen molar-refractivity contribution in [2.75, 3.05) is 39.0 Å². The van der Waals surface area contributed by atoms with Crippen molar-refractivity contribution in [3.05, 3.63) is 23.8 Å². The molecule has 1 aromatic carbocycles. The number of hydrogen-bond donors (Lipinski definition) is 2. The third-order valence-electron chi connectivity index (χ3n) is 3.11. The molecule has 0 spiro atoms. The molecule has 0 aliphatic heterocycles. The number of hydrogen-bond acceptors (Lipinski definition) is 4. The average Bonchev–Trinajstić information content (AvgIpc) is 2.43. The molecule has 0 aliphatic rings. The molecule has 0 saturated heterocycles. The highest BCUT2D eigenvalue weighted by atomic mass is 16.5. The van der Waals surface area contributed by atoms with Crippen LogP contribution >= 0.6 is 0 Å². The molecule has 0 saturated carbocycles. The molecule has 3 N–H and O–H groups in total. The molecule has 0 aliphatic carbocycles. The standard InChI is InChI=1S/C14H23N3O2/c1-4-17(5-2)10-9-16-14(18)13-11(15)7-6-8-12(13)19-3/h6-8H,4-5,9-10,15H2,1-3H3,(H,16,18). The molecular formula is C14H23N3O2. The molecule has 0 atom stereocenters. The lowest BCUT2D eigenvalue weighted by atomic mass is 10.1. The maximum absolute atomic E-state index is 12.1. The summed E-state index contributed by atoms with van der Waals surface area (Å²) in [4.78, 5) is 14.4. The van der Waals surface area contributed by atoms with Gasteiger partial charge in [-0.2, -0.15) is 0 Å². The van der Waals surface area contributed by atoms with Crippen molar-refractivity contribution in [3.63, 3.8) is 0 Å². The first-order valence-corrected chi connectivity index (χ1v) is 6.57. The van der Waals surface area contributed by atoms with E-state index in [1.165, 1.54) is 7.11 Å². The summed E-state index contributed by atoms with van der Waals surface area (Å²) in [7, 11) is 1.53. The summed E-state index contributed by atoms with van der Waals surface area (Å²) in [6, 6.07) is 5.19. The van der Waals surface area contributed by atoms with Crippen LogP contribution in [0.3, 0.4) is 0 Å². The van der Waals surface area contributed by atoms with E-state index >= 15 is 0 Å². The molecule has 5 nitrogen and oxygen atoms in total. The van der Waals surface area contributed by atoms with Gasteiger partial charge in [0, 0.05) is 18.8 Å². The number of ether oxygens (including phenoxy) is 1. The molecule has 0 aromatic heterocycles. The summed E-state index contributed by atoms with van der Waals surface area (Å²) in [6.07, 6.45) is 0. The number of carbonyl (C=O) groups is 1. The number of amides is 1. The lowest BCUT2D eigenvalue weighted by molar-refractivity contribution is 0.0947. The fourth-order valence-electron chi connectivity index (χ4n) is 1.92. The number of nitrogens with one attached hydrogen (secondary N) is 1. The van der Waals surface area contributed by atoms with Crippen molar-refractivity contribution in [1.82, 2.24) is 10.2 Å². The number of rotatable bonds is 7. The zero-order chi connectivity index (χ0) is 14.3. The number of likely N-dealkylation sites (N-methyl/N-ethyl adjacent to an activating group) is 1. The van der Waals surface area contributed by atoms with Crippen LogP contribution in [0.4, 0.5) is 5.69 Å². The van der Waals surface area contributed by atoms with E-state index in [2.05, 4.69) is 24.1 Å². The van der Waals surface area contributed by atoms with Crippen molar-refractivity contribution in [2.24, 2.45) is 0 Å². The predicted octanol–water partition coefficient (Wildman–Crippen LogP) is 1.35. The second-order valence-corrected chi connectivity index (χ2v) is 4.21. The monoisotopic (exact) mass is 265 g/mol. The van der Waals surface area contributed by atoms with E-state index in [0.29, 0.717) is 23.5 Å². The van der Waals surface area contributed by atoms with Crippen molar-refractivity contribution in [2.45, 2.75) is 13.8 Å². The van der Waals surface area contributed by atoms with E-state index in [0.717, 1.165) is 19.6 Å². The number of carbonyl (C=O) groups excluding carboxylic acids is 1. The van der Waals surface area contributed by atoms with Gasteiger partial charge in [-0.1, -0.05) is 19.9 Å². The SMILES string of the molecule is CCN(CC)CCNC(=O)c1c(N)cccc1OC. The second-order valence-electron chi connectivity index (χ2n) is 4.21. The van der Waals surface area contributed by atoms with Gasteiger partial charge in [0.25, 0.3) is 5.91 Å². The Hall–Kier alpha value is -1.75. The normalized spacial score (nSPS) is 10.5. The van der Waals surface area contributed by atoms with Gasteiger partial charge in [0.2, 0.25) is 0 Å². The maximum atomic E-state index is 12.1. The van der Waals surface area contributed by atoms with E-state index in [1.54, 1.807) is 18.2 Å². The molecular weight excluding hydrogens is 242 g/mol. The fourth-order valence-corrected chi connectivity index (χ4v) is 1.92. The molecule has 0 bridgehead atoms. The van der Waals surface area contributed by atoms with Crippen LogP contribution in [-0.4, -0.2) is 44.1 Å². The Kier molecular flexibility index (Phi) is 6.15. The van der Waals surface area contributed by atoms with Crippen LogP contribution in [0.25, 0.3) is 0 Å². The summed E-state index contributed by atoms with van der Waals surface area (Å²) in [6.45, 7) is 7.57. The zero-order valence-electron chi connectivity index (χ0n) is 11.9. The first-order valence-electron chi connectivity index (χ1n) is 6.57. The number of benzene rings is 1. The third-order valence-corrected chi connectivity index (χ3v) is 3.11. The first-order chi connectivity index (χ1) is 9.13. The largest absolute Gasteiger partial charge is 0.496 e. The minimum absolute atomic E-state index is 0.192. The Bertz CT molecular complexity index is 417. The van der Waals surface area contributed by atoms with Gasteiger partial charge in [0.05, 0.1) is 7.11 Å². The van der Waals surface area contributed by atoms with Crippen molar-refractivity contribution >= 4 is 11.6 Å². The Balaban J connectivity index is 2.63. The number of nitrogens with two attached hydrogens (primary N) is 1. The molecule has 19 heavy (non-hydrogen) atoms. The van der Waals surface area contributed by atoms with Crippen LogP contribution < -0.4 is 15.8 Å². The van der Waals surface area contributed by atoms with Crippen molar-refractivity contribution in [1.29, 1.82) is 0 Å². The van der Waals surface area contributed by atoms with Crippen LogP contribution in [0, 0.1) is 0 Å². The molecule has 0 fully saturated rings. The van der Waals surface area contributed by atoms with E-state index in [-0.39, 0.29) is 5.91 Å². The molecule has 106 valence electrons. The van der Waals surface area contributed by atoms with Gasteiger partial charge in [0.15, 0.2) is 0 Å². The van der Waals surface area contributed by atoms with Crippen LogP contribution in [-0.2, 0) is 0 Å². The maximum Gasteiger partial charge on any atom is 0.257 e. The number of methoxy groups -OCH3 is 1. The van der Waals surface area contributed by atoms with Gasteiger partial charge < -0.3 is 20.7 Å². The highest BCUT2D eigenvalue weighted by molar-refractivity contribution is 6.01. The van der Waals surface area contributed by atoms with Gasteiger partial charge in [0.1, 0.15) is 11.3 Å². The van der Waals surface area contributed by atoms with Gasteiger partial charge in [-0.15, -0.1) is 0 Å². The summed E-state index contributed by atoms with van der Waals surface area (Å²) in [5.74, 6) is 0.308. The summed E-state index contributed by atoms with van der Waals surface area (Å²) in [5, 5.41) is 2.87. The predicted molar refractivity (Wildman–Crippen MR) is 77.5 cm³/mol. The number of nitrogens with zero attached hydrogens (tertiary/aromatic N) is 1. The quantitative estimate of drug-likeness (QED) is 0.730. The lowest BCUT2D eigenvalue weighted by Crippen LogP contribution is -2.35. The smallest absolute Gasteiger partial charge is 0.257 e. The lowest BCUT2D eigenvalue weighted by Gasteiger charge is -2.18. The van der Waals surface area contributed by atoms with E-state index in [9.17, 15) is 4.79 Å². The van der Waals surface area contributed by atoms with E-state index in [1.807, 2.05) is 0 Å². The van der Waals surface area contributed by atoms with Crippen molar-refractivity contribution < 1.29 is 9.53 Å². The van der Waals surface area contributed by atoms with Crippen LogP contribution in [0.2, 0.25) is 0 Å². The van der Waals surface area contributed by atoms with E-state index < -0.39 is 0 Å². The molecule has 5 heteroatoms. The summed E-state index contributed by atoms with van der Waals surface area (Å²) >= 11 is 0. The molecule has 1 rings (SSSR count). The molecule has 1 aromatic rings. The molecule has 1 amide bonds. The van der Waals surface area contributed by atoms with E-state index in [4.69, 9.17) is 10.5 Å². The van der Waals surface area contributed by atoms with Gasteiger partial charge >= 0.3 is 0 Å². The number of anilines is 1. The number of nitrogen functional groups attached to an aromatic ring is 1. The molecule has 0 unspecified atom stereocenters. The molecule has 0 heterocycles. The van der Waals surface area contributed by atoms with Crippen LogP contribution in [0.5, 0.6) is 5.75 Å². The second kappa shape index (κ2) is 7.63. The Morgan fingerprint density at radius 1 is 1.37 bits per heavy atom. The first kappa shape index (κ1) is 15.3. The highest BCUT2D eigenvalue weighted by Gasteiger charge is 2.15.